The van der Waals surface area contributed by atoms with E-state index >= 15 is 0 Å². The lowest BCUT2D eigenvalue weighted by molar-refractivity contribution is 0.673. The summed E-state index contributed by atoms with van der Waals surface area (Å²) in [6.07, 6.45) is 0. The van der Waals surface area contributed by atoms with E-state index in [1.54, 1.807) is 0 Å². The lowest BCUT2D eigenvalue weighted by atomic mass is 9.98. The van der Waals surface area contributed by atoms with Gasteiger partial charge in [0.05, 0.1) is 4.70 Å². The van der Waals surface area contributed by atoms with E-state index in [4.69, 9.17) is 4.42 Å². The molecule has 0 aliphatic heterocycles. The van der Waals surface area contributed by atoms with Crippen LogP contribution in [0.15, 0.2) is 89.3 Å². The quantitative estimate of drug-likeness (QED) is 0.297. The summed E-state index contributed by atoms with van der Waals surface area (Å²) in [5.74, 6) is 0. The molecule has 0 aliphatic carbocycles. The molecule has 0 saturated carbocycles. The number of hydrogen-bond donors (Lipinski definition) is 0. The highest BCUT2D eigenvalue weighted by Gasteiger charge is 2.14. The predicted molar refractivity (Wildman–Crippen MR) is 112 cm³/mol. The zero-order chi connectivity index (χ0) is 17.1. The molecule has 122 valence electrons. The van der Waals surface area contributed by atoms with Crippen LogP contribution in [0.1, 0.15) is 0 Å². The summed E-state index contributed by atoms with van der Waals surface area (Å²) < 4.78 is 8.81. The summed E-state index contributed by atoms with van der Waals surface area (Å²) in [7, 11) is 0. The monoisotopic (exact) mass is 350 g/mol. The van der Waals surface area contributed by atoms with E-state index in [0.29, 0.717) is 0 Å². The van der Waals surface area contributed by atoms with E-state index in [1.807, 2.05) is 11.3 Å². The van der Waals surface area contributed by atoms with Gasteiger partial charge in [0, 0.05) is 15.5 Å². The fourth-order valence-electron chi connectivity index (χ4n) is 3.85. The molecule has 0 amide bonds. The highest BCUT2D eigenvalue weighted by Crippen LogP contribution is 2.41. The van der Waals surface area contributed by atoms with E-state index in [2.05, 4.69) is 84.9 Å². The maximum Gasteiger partial charge on any atom is 0.154 e. The summed E-state index contributed by atoms with van der Waals surface area (Å²) >= 11 is 1.81. The van der Waals surface area contributed by atoms with Gasteiger partial charge in [0.2, 0.25) is 0 Å². The Morgan fingerprint density at radius 2 is 1.46 bits per heavy atom. The van der Waals surface area contributed by atoms with E-state index < -0.39 is 0 Å². The minimum Gasteiger partial charge on any atom is -0.454 e. The number of thiophene rings is 1. The van der Waals surface area contributed by atoms with Crippen molar-refractivity contribution in [3.8, 4) is 11.1 Å². The van der Waals surface area contributed by atoms with Crippen molar-refractivity contribution in [3.63, 3.8) is 0 Å². The molecule has 0 radical (unpaired) electrons. The number of rotatable bonds is 1. The molecule has 2 heterocycles. The molecular weight excluding hydrogens is 336 g/mol. The molecule has 0 atom stereocenters. The largest absolute Gasteiger partial charge is 0.454 e. The third-order valence-corrected chi connectivity index (χ3v) is 6.27. The first-order valence-corrected chi connectivity index (χ1v) is 9.52. The van der Waals surface area contributed by atoms with Gasteiger partial charge >= 0.3 is 0 Å². The van der Waals surface area contributed by atoms with Crippen LogP contribution in [0.4, 0.5) is 0 Å². The molecule has 1 nitrogen and oxygen atoms in total. The Bertz CT molecular complexity index is 1430. The number of hydrogen-bond acceptors (Lipinski definition) is 2. The first-order valence-electron chi connectivity index (χ1n) is 8.70. The Kier molecular flexibility index (Phi) is 2.82. The van der Waals surface area contributed by atoms with Crippen molar-refractivity contribution in [2.45, 2.75) is 0 Å². The van der Waals surface area contributed by atoms with Gasteiger partial charge in [-0.05, 0) is 46.2 Å². The van der Waals surface area contributed by atoms with Crippen LogP contribution in [-0.2, 0) is 0 Å². The van der Waals surface area contributed by atoms with Gasteiger partial charge in [0.1, 0.15) is 5.58 Å². The van der Waals surface area contributed by atoms with Crippen LogP contribution in [-0.4, -0.2) is 0 Å². The molecule has 6 aromatic rings. The van der Waals surface area contributed by atoms with E-state index in [-0.39, 0.29) is 0 Å². The van der Waals surface area contributed by atoms with Crippen LogP contribution < -0.4 is 0 Å². The summed E-state index contributed by atoms with van der Waals surface area (Å²) in [6.45, 7) is 0. The fourth-order valence-corrected chi connectivity index (χ4v) is 5.01. The minimum atomic E-state index is 0.961. The fraction of sp³-hybridized carbons (Fsp3) is 0. The van der Waals surface area contributed by atoms with Crippen molar-refractivity contribution in [3.05, 3.63) is 84.9 Å². The summed E-state index contributed by atoms with van der Waals surface area (Å²) in [4.78, 5) is 0. The number of furan rings is 1. The van der Waals surface area contributed by atoms with Crippen LogP contribution in [0.3, 0.4) is 0 Å². The molecule has 0 spiro atoms. The normalized spacial score (nSPS) is 11.8. The van der Waals surface area contributed by atoms with E-state index in [9.17, 15) is 0 Å². The van der Waals surface area contributed by atoms with Crippen LogP contribution in [0.2, 0.25) is 0 Å². The second kappa shape index (κ2) is 5.20. The number of fused-ring (bicyclic) bond motifs is 6. The molecule has 6 rings (SSSR count). The molecule has 0 N–H and O–H groups in total. The Morgan fingerprint density at radius 1 is 0.654 bits per heavy atom. The zero-order valence-electron chi connectivity index (χ0n) is 13.9. The maximum atomic E-state index is 6.29. The van der Waals surface area contributed by atoms with E-state index in [0.717, 1.165) is 11.2 Å². The topological polar surface area (TPSA) is 13.1 Å². The molecule has 0 fully saturated rings. The van der Waals surface area contributed by atoms with Crippen molar-refractivity contribution >= 4 is 53.4 Å². The lowest BCUT2D eigenvalue weighted by Crippen LogP contribution is -1.81. The van der Waals surface area contributed by atoms with Gasteiger partial charge in [0.25, 0.3) is 0 Å². The highest BCUT2D eigenvalue weighted by atomic mass is 32.1. The van der Waals surface area contributed by atoms with Gasteiger partial charge in [-0.25, -0.2) is 0 Å². The smallest absolute Gasteiger partial charge is 0.154 e. The Morgan fingerprint density at radius 3 is 2.42 bits per heavy atom. The first kappa shape index (κ1) is 14.1. The van der Waals surface area contributed by atoms with Gasteiger partial charge in [-0.1, -0.05) is 60.7 Å². The minimum absolute atomic E-state index is 0.961. The third-order valence-electron chi connectivity index (χ3n) is 5.09. The molecular formula is C24H14OS. The average Bonchev–Trinajstić information content (AvgIpc) is 3.23. The predicted octanol–water partition coefficient (Wildman–Crippen LogP) is 7.62. The van der Waals surface area contributed by atoms with Crippen LogP contribution in [0, 0.1) is 0 Å². The Labute approximate surface area is 154 Å². The van der Waals surface area contributed by atoms with Crippen molar-refractivity contribution in [1.82, 2.24) is 0 Å². The van der Waals surface area contributed by atoms with Crippen molar-refractivity contribution in [2.24, 2.45) is 0 Å². The van der Waals surface area contributed by atoms with Crippen LogP contribution in [0.5, 0.6) is 0 Å². The molecule has 0 saturated heterocycles. The van der Waals surface area contributed by atoms with Crippen LogP contribution >= 0.6 is 11.3 Å². The van der Waals surface area contributed by atoms with Crippen molar-refractivity contribution < 1.29 is 4.42 Å². The molecule has 2 heteroatoms. The highest BCUT2D eigenvalue weighted by molar-refractivity contribution is 7.26. The molecule has 0 unspecified atom stereocenters. The van der Waals surface area contributed by atoms with Gasteiger partial charge < -0.3 is 4.42 Å². The van der Waals surface area contributed by atoms with Gasteiger partial charge in [-0.15, -0.1) is 11.3 Å². The first-order chi connectivity index (χ1) is 12.9. The maximum absolute atomic E-state index is 6.29. The van der Waals surface area contributed by atoms with Gasteiger partial charge in [-0.2, -0.15) is 0 Å². The third kappa shape index (κ3) is 1.91. The molecule has 0 aliphatic rings. The van der Waals surface area contributed by atoms with Crippen molar-refractivity contribution in [2.75, 3.05) is 0 Å². The van der Waals surface area contributed by atoms with Crippen LogP contribution in [0.25, 0.3) is 53.2 Å². The van der Waals surface area contributed by atoms with Crippen molar-refractivity contribution in [1.29, 1.82) is 0 Å². The summed E-state index contributed by atoms with van der Waals surface area (Å²) in [5, 5.41) is 4.94. The molecule has 0 bridgehead atoms. The van der Waals surface area contributed by atoms with Gasteiger partial charge in [-0.3, -0.25) is 0 Å². The molecule has 26 heavy (non-hydrogen) atoms. The average molecular weight is 350 g/mol. The second-order valence-electron chi connectivity index (χ2n) is 6.60. The van der Waals surface area contributed by atoms with Gasteiger partial charge in [0.15, 0.2) is 5.58 Å². The molecule has 2 aromatic heterocycles. The second-order valence-corrected chi connectivity index (χ2v) is 7.65. The van der Waals surface area contributed by atoms with E-state index in [1.165, 1.54) is 42.1 Å². The molecule has 4 aromatic carbocycles. The Hall–Kier alpha value is -3.10. The zero-order valence-corrected chi connectivity index (χ0v) is 14.7. The Balaban J connectivity index is 1.64. The number of benzene rings is 4. The lowest BCUT2D eigenvalue weighted by Gasteiger charge is -2.06. The summed E-state index contributed by atoms with van der Waals surface area (Å²) in [6, 6.07) is 30.0. The summed E-state index contributed by atoms with van der Waals surface area (Å²) in [5.41, 5.74) is 4.41. The SMILES string of the molecule is c1ccc2c(-c3ccc4c(c3)oc3c5ccccc5sc43)cccc2c1. The standard InChI is InChI=1S/C24H14OS/c1-2-8-17-15(6-1)7-5-10-18(17)16-12-13-19-21(14-16)25-23-20-9-3-4-11-22(20)26-24(19)23/h1-14H.